The van der Waals surface area contributed by atoms with Crippen LogP contribution < -0.4 is 10.6 Å². The van der Waals surface area contributed by atoms with E-state index in [2.05, 4.69) is 39.3 Å². The van der Waals surface area contributed by atoms with E-state index in [-0.39, 0.29) is 0 Å². The summed E-state index contributed by atoms with van der Waals surface area (Å²) in [6, 6.07) is 1.41. The van der Waals surface area contributed by atoms with E-state index in [4.69, 9.17) is 0 Å². The molecule has 23 heavy (non-hydrogen) atoms. The Morgan fingerprint density at radius 1 is 1.13 bits per heavy atom. The van der Waals surface area contributed by atoms with E-state index in [9.17, 15) is 0 Å². The maximum Gasteiger partial charge on any atom is 0.191 e. The second-order valence-corrected chi connectivity index (χ2v) is 7.96. The third-order valence-electron chi connectivity index (χ3n) is 5.71. The Balaban J connectivity index is 1.38. The van der Waals surface area contributed by atoms with Crippen LogP contribution in [0.15, 0.2) is 4.99 Å². The minimum atomic E-state index is 0.539. The minimum Gasteiger partial charge on any atom is -0.355 e. The summed E-state index contributed by atoms with van der Waals surface area (Å²) in [5, 5.41) is 7.17. The highest BCUT2D eigenvalue weighted by Crippen LogP contribution is 2.31. The van der Waals surface area contributed by atoms with E-state index >= 15 is 0 Å². The Bertz CT molecular complexity index is 406. The fourth-order valence-electron chi connectivity index (χ4n) is 4.12. The van der Waals surface area contributed by atoms with Crippen molar-refractivity contribution in [3.63, 3.8) is 0 Å². The predicted molar refractivity (Wildman–Crippen MR) is 96.9 cm³/mol. The highest BCUT2D eigenvalue weighted by molar-refractivity contribution is 5.80. The molecule has 2 N–H and O–H groups in total. The number of likely N-dealkylation sites (tertiary alicyclic amines) is 2. The Hall–Kier alpha value is -0.810. The van der Waals surface area contributed by atoms with Gasteiger partial charge in [-0.1, -0.05) is 13.8 Å². The molecular weight excluding hydrogens is 286 g/mol. The van der Waals surface area contributed by atoms with Crippen LogP contribution in [0.2, 0.25) is 0 Å². The molecule has 0 aromatic rings. The Kier molecular flexibility index (Phi) is 5.81. The van der Waals surface area contributed by atoms with Crippen molar-refractivity contribution < 1.29 is 0 Å². The lowest BCUT2D eigenvalue weighted by atomic mass is 10.0. The van der Waals surface area contributed by atoms with Crippen molar-refractivity contribution in [2.45, 2.75) is 51.6 Å². The predicted octanol–water partition coefficient (Wildman–Crippen LogP) is 1.37. The van der Waals surface area contributed by atoms with Gasteiger partial charge in [0.1, 0.15) is 0 Å². The Morgan fingerprint density at radius 2 is 1.96 bits per heavy atom. The molecule has 0 spiro atoms. The second kappa shape index (κ2) is 7.84. The number of hydrogen-bond donors (Lipinski definition) is 2. The highest BCUT2D eigenvalue weighted by Gasteiger charge is 2.38. The van der Waals surface area contributed by atoms with Crippen molar-refractivity contribution in [3.8, 4) is 0 Å². The number of hydrogen-bond acceptors (Lipinski definition) is 3. The first-order valence-corrected chi connectivity index (χ1v) is 9.59. The SMILES string of the molecule is CN=C(NCCN1CCCC(C)C1)NC1CN(C2CC2)CC1C. The van der Waals surface area contributed by atoms with Crippen LogP contribution in [-0.4, -0.2) is 74.2 Å². The van der Waals surface area contributed by atoms with Crippen LogP contribution >= 0.6 is 0 Å². The zero-order chi connectivity index (χ0) is 16.2. The van der Waals surface area contributed by atoms with Gasteiger partial charge in [-0.3, -0.25) is 9.89 Å². The number of rotatable bonds is 5. The molecule has 2 heterocycles. The molecule has 3 aliphatic rings. The van der Waals surface area contributed by atoms with Gasteiger partial charge in [-0.2, -0.15) is 0 Å². The molecule has 0 aromatic heterocycles. The third kappa shape index (κ3) is 4.83. The molecule has 0 radical (unpaired) electrons. The van der Waals surface area contributed by atoms with E-state index in [0.717, 1.165) is 31.0 Å². The summed E-state index contributed by atoms with van der Waals surface area (Å²) in [5.41, 5.74) is 0. The standard InChI is InChI=1S/C18H35N5/c1-14-5-4-9-22(11-14)10-8-20-18(19-3)21-17-13-23(12-15(17)2)16-6-7-16/h14-17H,4-13H2,1-3H3,(H2,19,20,21). The van der Waals surface area contributed by atoms with Crippen molar-refractivity contribution in [1.82, 2.24) is 20.4 Å². The molecule has 5 heteroatoms. The molecule has 2 saturated heterocycles. The second-order valence-electron chi connectivity index (χ2n) is 7.96. The van der Waals surface area contributed by atoms with Gasteiger partial charge in [0.25, 0.3) is 0 Å². The fraction of sp³-hybridized carbons (Fsp3) is 0.944. The lowest BCUT2D eigenvalue weighted by Gasteiger charge is -2.31. The Labute approximate surface area is 141 Å². The molecule has 1 aliphatic carbocycles. The van der Waals surface area contributed by atoms with Gasteiger partial charge in [0, 0.05) is 51.9 Å². The van der Waals surface area contributed by atoms with Crippen LogP contribution in [0.5, 0.6) is 0 Å². The van der Waals surface area contributed by atoms with Gasteiger partial charge in [-0.25, -0.2) is 0 Å². The average Bonchev–Trinajstić information content (AvgIpc) is 3.31. The van der Waals surface area contributed by atoms with Gasteiger partial charge in [0.05, 0.1) is 0 Å². The smallest absolute Gasteiger partial charge is 0.191 e. The minimum absolute atomic E-state index is 0.539. The molecule has 2 aliphatic heterocycles. The van der Waals surface area contributed by atoms with Crippen LogP contribution in [0, 0.1) is 11.8 Å². The first-order chi connectivity index (χ1) is 11.2. The maximum atomic E-state index is 4.43. The summed E-state index contributed by atoms with van der Waals surface area (Å²) < 4.78 is 0. The number of nitrogens with one attached hydrogen (secondary N) is 2. The van der Waals surface area contributed by atoms with Crippen molar-refractivity contribution >= 4 is 5.96 Å². The summed E-state index contributed by atoms with van der Waals surface area (Å²) >= 11 is 0. The van der Waals surface area contributed by atoms with Crippen molar-refractivity contribution in [3.05, 3.63) is 0 Å². The molecule has 0 aromatic carbocycles. The number of piperidine rings is 1. The zero-order valence-corrected chi connectivity index (χ0v) is 15.2. The van der Waals surface area contributed by atoms with Gasteiger partial charge in [0.2, 0.25) is 0 Å². The molecular formula is C18H35N5. The average molecular weight is 322 g/mol. The van der Waals surface area contributed by atoms with Gasteiger partial charge >= 0.3 is 0 Å². The molecule has 0 bridgehead atoms. The lowest BCUT2D eigenvalue weighted by Crippen LogP contribution is -2.48. The molecule has 132 valence electrons. The summed E-state index contributed by atoms with van der Waals surface area (Å²) in [6.07, 6.45) is 5.55. The van der Waals surface area contributed by atoms with E-state index in [1.54, 1.807) is 0 Å². The van der Waals surface area contributed by atoms with E-state index in [1.807, 2.05) is 7.05 Å². The van der Waals surface area contributed by atoms with Crippen LogP contribution in [0.4, 0.5) is 0 Å². The molecule has 1 saturated carbocycles. The number of nitrogens with zero attached hydrogens (tertiary/aromatic N) is 3. The van der Waals surface area contributed by atoms with Crippen LogP contribution in [0.1, 0.15) is 39.5 Å². The lowest BCUT2D eigenvalue weighted by molar-refractivity contribution is 0.186. The number of aliphatic imine (C=N–C) groups is 1. The summed E-state index contributed by atoms with van der Waals surface area (Å²) in [6.45, 7) is 11.8. The van der Waals surface area contributed by atoms with E-state index < -0.39 is 0 Å². The quantitative estimate of drug-likeness (QED) is 0.593. The summed E-state index contributed by atoms with van der Waals surface area (Å²) in [7, 11) is 1.89. The van der Waals surface area contributed by atoms with Crippen molar-refractivity contribution in [2.75, 3.05) is 46.3 Å². The molecule has 3 unspecified atom stereocenters. The summed E-state index contributed by atoms with van der Waals surface area (Å²) in [5.74, 6) is 2.54. The summed E-state index contributed by atoms with van der Waals surface area (Å²) in [4.78, 5) is 9.67. The van der Waals surface area contributed by atoms with Gasteiger partial charge in [-0.15, -0.1) is 0 Å². The van der Waals surface area contributed by atoms with Gasteiger partial charge in [-0.05, 0) is 44.1 Å². The van der Waals surface area contributed by atoms with E-state index in [0.29, 0.717) is 12.0 Å². The largest absolute Gasteiger partial charge is 0.355 e. The van der Waals surface area contributed by atoms with E-state index in [1.165, 1.54) is 51.9 Å². The molecule has 0 amide bonds. The van der Waals surface area contributed by atoms with Gasteiger partial charge in [0.15, 0.2) is 5.96 Å². The molecule has 5 nitrogen and oxygen atoms in total. The van der Waals surface area contributed by atoms with Crippen LogP contribution in [0.3, 0.4) is 0 Å². The third-order valence-corrected chi connectivity index (χ3v) is 5.71. The van der Waals surface area contributed by atoms with Crippen molar-refractivity contribution in [1.29, 1.82) is 0 Å². The maximum absolute atomic E-state index is 4.43. The highest BCUT2D eigenvalue weighted by atomic mass is 15.3. The number of guanidine groups is 1. The fourth-order valence-corrected chi connectivity index (χ4v) is 4.12. The molecule has 3 atom stereocenters. The Morgan fingerprint density at radius 3 is 2.65 bits per heavy atom. The molecule has 3 rings (SSSR count). The monoisotopic (exact) mass is 321 g/mol. The van der Waals surface area contributed by atoms with Crippen LogP contribution in [0.25, 0.3) is 0 Å². The zero-order valence-electron chi connectivity index (χ0n) is 15.2. The normalized spacial score (nSPS) is 33.9. The van der Waals surface area contributed by atoms with Crippen molar-refractivity contribution in [2.24, 2.45) is 16.8 Å². The van der Waals surface area contributed by atoms with Crippen LogP contribution in [-0.2, 0) is 0 Å². The first-order valence-electron chi connectivity index (χ1n) is 9.59. The first kappa shape index (κ1) is 17.0. The van der Waals surface area contributed by atoms with Gasteiger partial charge < -0.3 is 15.5 Å². The molecule has 3 fully saturated rings. The topological polar surface area (TPSA) is 42.9 Å².